The van der Waals surface area contributed by atoms with E-state index >= 15 is 0 Å². The molecule has 0 radical (unpaired) electrons. The summed E-state index contributed by atoms with van der Waals surface area (Å²) in [5.41, 5.74) is 0.977. The summed E-state index contributed by atoms with van der Waals surface area (Å²) >= 11 is 11.7. The summed E-state index contributed by atoms with van der Waals surface area (Å²) in [4.78, 5) is 22.8. The fourth-order valence-electron chi connectivity index (χ4n) is 1.90. The van der Waals surface area contributed by atoms with Crippen LogP contribution >= 0.6 is 23.2 Å². The van der Waals surface area contributed by atoms with Crippen LogP contribution < -0.4 is 14.8 Å². The Hall–Kier alpha value is -2.24. The van der Waals surface area contributed by atoms with Crippen molar-refractivity contribution in [1.82, 2.24) is 0 Å². The molecule has 126 valence electrons. The molecule has 0 spiro atoms. The number of rotatable bonds is 7. The van der Waals surface area contributed by atoms with Crippen molar-refractivity contribution in [1.29, 1.82) is 0 Å². The predicted molar refractivity (Wildman–Crippen MR) is 93.6 cm³/mol. The van der Waals surface area contributed by atoms with Gasteiger partial charge in [-0.05, 0) is 43.3 Å². The standard InChI is InChI=1S/C17H15Cl2NO4/c1-2-23-16-7-11(9-21)3-6-15(16)24-10-17(22)20-12-4-5-13(18)14(19)8-12/h3-9H,2,10H2,1H3,(H,20,22). The van der Waals surface area contributed by atoms with E-state index in [2.05, 4.69) is 5.32 Å². The number of amides is 1. The molecule has 0 bridgehead atoms. The average Bonchev–Trinajstić information content (AvgIpc) is 2.57. The van der Waals surface area contributed by atoms with Crippen LogP contribution in [0.15, 0.2) is 36.4 Å². The molecular weight excluding hydrogens is 353 g/mol. The van der Waals surface area contributed by atoms with E-state index in [1.54, 1.807) is 36.4 Å². The molecule has 2 aromatic carbocycles. The Bertz CT molecular complexity index is 749. The zero-order chi connectivity index (χ0) is 17.5. The number of ether oxygens (including phenoxy) is 2. The second kappa shape index (κ2) is 8.57. The van der Waals surface area contributed by atoms with Crippen molar-refractivity contribution in [3.8, 4) is 11.5 Å². The predicted octanol–water partition coefficient (Wildman–Crippen LogP) is 4.22. The Morgan fingerprint density at radius 2 is 1.88 bits per heavy atom. The van der Waals surface area contributed by atoms with Crippen molar-refractivity contribution < 1.29 is 19.1 Å². The third-order valence-electron chi connectivity index (χ3n) is 2.97. The van der Waals surface area contributed by atoms with Gasteiger partial charge in [0.25, 0.3) is 5.91 Å². The largest absolute Gasteiger partial charge is 0.490 e. The number of carbonyl (C=O) groups is 2. The molecule has 0 unspecified atom stereocenters. The average molecular weight is 368 g/mol. The molecule has 5 nitrogen and oxygen atoms in total. The first kappa shape index (κ1) is 18.1. The molecule has 2 rings (SSSR count). The number of benzene rings is 2. The molecule has 0 aliphatic heterocycles. The summed E-state index contributed by atoms with van der Waals surface area (Å²) in [5.74, 6) is 0.423. The van der Waals surface area contributed by atoms with Gasteiger partial charge in [0.2, 0.25) is 0 Å². The molecule has 0 heterocycles. The summed E-state index contributed by atoms with van der Waals surface area (Å²) in [6.45, 7) is 2.00. The topological polar surface area (TPSA) is 64.6 Å². The lowest BCUT2D eigenvalue weighted by molar-refractivity contribution is -0.118. The number of hydrogen-bond acceptors (Lipinski definition) is 4. The van der Waals surface area contributed by atoms with Crippen LogP contribution in [0.5, 0.6) is 11.5 Å². The Morgan fingerprint density at radius 1 is 1.08 bits per heavy atom. The van der Waals surface area contributed by atoms with Crippen molar-refractivity contribution in [3.05, 3.63) is 52.0 Å². The highest BCUT2D eigenvalue weighted by atomic mass is 35.5. The van der Waals surface area contributed by atoms with Gasteiger partial charge < -0.3 is 14.8 Å². The molecule has 1 amide bonds. The smallest absolute Gasteiger partial charge is 0.262 e. The van der Waals surface area contributed by atoms with Gasteiger partial charge in [0, 0.05) is 11.3 Å². The van der Waals surface area contributed by atoms with E-state index in [9.17, 15) is 9.59 Å². The van der Waals surface area contributed by atoms with E-state index < -0.39 is 0 Å². The number of carbonyl (C=O) groups excluding carboxylic acids is 2. The number of hydrogen-bond donors (Lipinski definition) is 1. The van der Waals surface area contributed by atoms with Gasteiger partial charge in [0.05, 0.1) is 16.7 Å². The molecule has 2 aromatic rings. The SMILES string of the molecule is CCOc1cc(C=O)ccc1OCC(=O)Nc1ccc(Cl)c(Cl)c1. The van der Waals surface area contributed by atoms with E-state index in [0.29, 0.717) is 45.7 Å². The lowest BCUT2D eigenvalue weighted by Gasteiger charge is -2.12. The van der Waals surface area contributed by atoms with Crippen LogP contribution in [-0.2, 0) is 4.79 Å². The summed E-state index contributed by atoms with van der Waals surface area (Å²) in [6, 6.07) is 9.50. The maximum absolute atomic E-state index is 12.0. The van der Waals surface area contributed by atoms with Crippen LogP contribution in [-0.4, -0.2) is 25.4 Å². The van der Waals surface area contributed by atoms with Gasteiger partial charge in [-0.1, -0.05) is 23.2 Å². The van der Waals surface area contributed by atoms with Crippen LogP contribution in [0.2, 0.25) is 10.0 Å². The summed E-state index contributed by atoms with van der Waals surface area (Å²) in [5, 5.41) is 3.40. The first-order valence-corrected chi connectivity index (χ1v) is 7.88. The van der Waals surface area contributed by atoms with Crippen molar-refractivity contribution >= 4 is 41.1 Å². The van der Waals surface area contributed by atoms with E-state index in [-0.39, 0.29) is 12.5 Å². The fourth-order valence-corrected chi connectivity index (χ4v) is 2.20. The second-order valence-corrected chi connectivity index (χ2v) is 5.54. The second-order valence-electron chi connectivity index (χ2n) is 4.72. The third-order valence-corrected chi connectivity index (χ3v) is 3.70. The normalized spacial score (nSPS) is 10.1. The van der Waals surface area contributed by atoms with Crippen LogP contribution in [0.1, 0.15) is 17.3 Å². The fraction of sp³-hybridized carbons (Fsp3) is 0.176. The molecule has 0 aromatic heterocycles. The van der Waals surface area contributed by atoms with Crippen molar-refractivity contribution in [3.63, 3.8) is 0 Å². The quantitative estimate of drug-likeness (QED) is 0.744. The molecule has 0 aliphatic carbocycles. The Balaban J connectivity index is 2.00. The van der Waals surface area contributed by atoms with Gasteiger partial charge in [0.15, 0.2) is 18.1 Å². The first-order valence-electron chi connectivity index (χ1n) is 7.13. The van der Waals surface area contributed by atoms with Gasteiger partial charge in [-0.15, -0.1) is 0 Å². The number of nitrogens with one attached hydrogen (secondary N) is 1. The lowest BCUT2D eigenvalue weighted by Crippen LogP contribution is -2.20. The highest BCUT2D eigenvalue weighted by Gasteiger charge is 2.10. The Morgan fingerprint density at radius 3 is 2.54 bits per heavy atom. The molecule has 0 atom stereocenters. The lowest BCUT2D eigenvalue weighted by atomic mass is 10.2. The maximum Gasteiger partial charge on any atom is 0.262 e. The van der Waals surface area contributed by atoms with Crippen molar-refractivity contribution in [2.45, 2.75) is 6.92 Å². The molecule has 1 N–H and O–H groups in total. The van der Waals surface area contributed by atoms with Crippen LogP contribution in [0.3, 0.4) is 0 Å². The van der Waals surface area contributed by atoms with Gasteiger partial charge in [-0.25, -0.2) is 0 Å². The zero-order valence-electron chi connectivity index (χ0n) is 12.8. The number of aldehydes is 1. The molecule has 0 saturated heterocycles. The van der Waals surface area contributed by atoms with Crippen molar-refractivity contribution in [2.75, 3.05) is 18.5 Å². The van der Waals surface area contributed by atoms with E-state index in [1.807, 2.05) is 6.92 Å². The molecular formula is C17H15Cl2NO4. The van der Waals surface area contributed by atoms with Gasteiger partial charge in [-0.3, -0.25) is 9.59 Å². The maximum atomic E-state index is 12.0. The van der Waals surface area contributed by atoms with E-state index in [0.717, 1.165) is 0 Å². The van der Waals surface area contributed by atoms with Crippen molar-refractivity contribution in [2.24, 2.45) is 0 Å². The van der Waals surface area contributed by atoms with Crippen LogP contribution in [0.25, 0.3) is 0 Å². The van der Waals surface area contributed by atoms with Gasteiger partial charge >= 0.3 is 0 Å². The monoisotopic (exact) mass is 367 g/mol. The highest BCUT2D eigenvalue weighted by Crippen LogP contribution is 2.28. The number of halogens is 2. The molecule has 0 saturated carbocycles. The van der Waals surface area contributed by atoms with Gasteiger partial charge in [-0.2, -0.15) is 0 Å². The summed E-state index contributed by atoms with van der Waals surface area (Å²) in [7, 11) is 0. The Labute approximate surface area is 149 Å². The van der Waals surface area contributed by atoms with E-state index in [4.69, 9.17) is 32.7 Å². The molecule has 24 heavy (non-hydrogen) atoms. The summed E-state index contributed by atoms with van der Waals surface area (Å²) in [6.07, 6.45) is 0.712. The minimum atomic E-state index is -0.365. The minimum absolute atomic E-state index is 0.221. The highest BCUT2D eigenvalue weighted by molar-refractivity contribution is 6.42. The zero-order valence-corrected chi connectivity index (χ0v) is 14.4. The molecule has 7 heteroatoms. The third kappa shape index (κ3) is 4.88. The number of anilines is 1. The molecule has 0 aliphatic rings. The molecule has 0 fully saturated rings. The van der Waals surface area contributed by atoms with E-state index in [1.165, 1.54) is 0 Å². The van der Waals surface area contributed by atoms with Gasteiger partial charge in [0.1, 0.15) is 6.29 Å². The van der Waals surface area contributed by atoms with Crippen LogP contribution in [0.4, 0.5) is 5.69 Å². The minimum Gasteiger partial charge on any atom is -0.490 e. The summed E-state index contributed by atoms with van der Waals surface area (Å²) < 4.78 is 10.9. The van der Waals surface area contributed by atoms with Crippen LogP contribution in [0, 0.1) is 0 Å². The Kier molecular flexibility index (Phi) is 6.46. The first-order chi connectivity index (χ1) is 11.5.